The van der Waals surface area contributed by atoms with Crippen LogP contribution in [0.1, 0.15) is 11.1 Å². The third-order valence-corrected chi connectivity index (χ3v) is 3.31. The molecule has 5 nitrogen and oxygen atoms in total. The molecule has 0 aliphatic rings. The third-order valence-electron chi connectivity index (χ3n) is 2.47. The average molecular weight is 304 g/mol. The number of aromatic hydroxyl groups is 1. The van der Waals surface area contributed by atoms with E-state index in [9.17, 15) is 9.90 Å². The van der Waals surface area contributed by atoms with Crippen molar-refractivity contribution in [3.8, 4) is 11.5 Å². The molecule has 0 aromatic heterocycles. The number of nitrogens with two attached hydrogens (primary N) is 1. The van der Waals surface area contributed by atoms with Crippen LogP contribution in [0.15, 0.2) is 10.5 Å². The molecule has 4 N–H and O–H groups in total. The van der Waals surface area contributed by atoms with Gasteiger partial charge in [-0.25, -0.2) is 0 Å². The zero-order chi connectivity index (χ0) is 13.2. The Balaban J connectivity index is 3.20. The van der Waals surface area contributed by atoms with Crippen molar-refractivity contribution < 1.29 is 19.7 Å². The average Bonchev–Trinajstić information content (AvgIpc) is 2.24. The van der Waals surface area contributed by atoms with Gasteiger partial charge in [-0.05, 0) is 46.5 Å². The van der Waals surface area contributed by atoms with Crippen molar-refractivity contribution in [3.63, 3.8) is 0 Å². The lowest BCUT2D eigenvalue weighted by atomic mass is 10.0. The molecular weight excluding hydrogens is 290 g/mol. The molecule has 1 unspecified atom stereocenters. The number of aliphatic carboxylic acids is 1. The molecule has 1 aromatic carbocycles. The zero-order valence-electron chi connectivity index (χ0n) is 9.53. The molecule has 0 spiro atoms. The fourth-order valence-electron chi connectivity index (χ4n) is 1.53. The molecule has 94 valence electrons. The molecule has 0 saturated carbocycles. The van der Waals surface area contributed by atoms with Crippen LogP contribution >= 0.6 is 15.9 Å². The Bertz CT molecular complexity index is 448. The summed E-state index contributed by atoms with van der Waals surface area (Å²) in [5.41, 5.74) is 6.97. The van der Waals surface area contributed by atoms with E-state index in [-0.39, 0.29) is 17.9 Å². The molecule has 0 bridgehead atoms. The van der Waals surface area contributed by atoms with Gasteiger partial charge in [0.25, 0.3) is 0 Å². The number of carboxylic acid groups (broad SMARTS) is 1. The summed E-state index contributed by atoms with van der Waals surface area (Å²) in [6.45, 7) is 1.77. The maximum Gasteiger partial charge on any atom is 0.320 e. The molecule has 6 heteroatoms. The molecule has 0 radical (unpaired) electrons. The van der Waals surface area contributed by atoms with Crippen LogP contribution in [0, 0.1) is 6.92 Å². The monoisotopic (exact) mass is 303 g/mol. The maximum absolute atomic E-state index is 10.7. The predicted octanol–water partition coefficient (Wildman–Crippen LogP) is 1.43. The minimum atomic E-state index is -1.07. The van der Waals surface area contributed by atoms with Crippen LogP contribution in [0.2, 0.25) is 0 Å². The predicted molar refractivity (Wildman–Crippen MR) is 66.4 cm³/mol. The number of phenolic OH excluding ortho intramolecular Hbond substituents is 1. The minimum absolute atomic E-state index is 0.00419. The van der Waals surface area contributed by atoms with E-state index in [1.54, 1.807) is 6.92 Å². The summed E-state index contributed by atoms with van der Waals surface area (Å²) in [6.07, 6.45) is 0.165. The lowest BCUT2D eigenvalue weighted by molar-refractivity contribution is -0.138. The van der Waals surface area contributed by atoms with E-state index >= 15 is 0 Å². The van der Waals surface area contributed by atoms with E-state index in [0.29, 0.717) is 4.47 Å². The molecule has 17 heavy (non-hydrogen) atoms. The van der Waals surface area contributed by atoms with Crippen molar-refractivity contribution >= 4 is 21.9 Å². The van der Waals surface area contributed by atoms with Crippen LogP contribution in [0.3, 0.4) is 0 Å². The van der Waals surface area contributed by atoms with E-state index in [1.807, 2.05) is 0 Å². The molecule has 1 aromatic rings. The summed E-state index contributed by atoms with van der Waals surface area (Å²) in [5, 5.41) is 18.4. The van der Waals surface area contributed by atoms with Gasteiger partial charge < -0.3 is 20.7 Å². The van der Waals surface area contributed by atoms with Crippen molar-refractivity contribution in [3.05, 3.63) is 21.7 Å². The third kappa shape index (κ3) is 2.89. The van der Waals surface area contributed by atoms with E-state index in [2.05, 4.69) is 15.9 Å². The highest BCUT2D eigenvalue weighted by molar-refractivity contribution is 9.10. The van der Waals surface area contributed by atoms with Gasteiger partial charge >= 0.3 is 5.97 Å². The van der Waals surface area contributed by atoms with Gasteiger partial charge in [0.15, 0.2) is 11.5 Å². The Kier molecular flexibility index (Phi) is 4.36. The number of hydrogen-bond acceptors (Lipinski definition) is 4. The number of methoxy groups -OCH3 is 1. The quantitative estimate of drug-likeness (QED) is 0.782. The lowest BCUT2D eigenvalue weighted by Gasteiger charge is -2.15. The smallest absolute Gasteiger partial charge is 0.320 e. The molecule has 0 heterocycles. The number of phenols is 1. The first-order valence-corrected chi connectivity index (χ1v) is 5.71. The van der Waals surface area contributed by atoms with Gasteiger partial charge in [0.1, 0.15) is 6.04 Å². The standard InChI is InChI=1S/C11H14BrNO4/c1-5-3-8(14)10(17-2)9(12)6(5)4-7(13)11(15)16/h3,7,14H,4,13H2,1-2H3,(H,15,16). The summed E-state index contributed by atoms with van der Waals surface area (Å²) in [5.74, 6) is -0.781. The first kappa shape index (κ1) is 13.8. The van der Waals surface area contributed by atoms with Crippen LogP contribution in [-0.4, -0.2) is 29.3 Å². The Morgan fingerprint density at radius 3 is 2.71 bits per heavy atom. The van der Waals surface area contributed by atoms with Crippen molar-refractivity contribution in [2.24, 2.45) is 5.73 Å². The topological polar surface area (TPSA) is 92.8 Å². The molecule has 0 fully saturated rings. The second-order valence-electron chi connectivity index (χ2n) is 3.69. The van der Waals surface area contributed by atoms with E-state index in [0.717, 1.165) is 11.1 Å². The van der Waals surface area contributed by atoms with Crippen molar-refractivity contribution in [2.45, 2.75) is 19.4 Å². The molecule has 0 aliphatic heterocycles. The first-order valence-electron chi connectivity index (χ1n) is 4.91. The van der Waals surface area contributed by atoms with Crippen LogP contribution in [0.4, 0.5) is 0 Å². The highest BCUT2D eigenvalue weighted by Gasteiger charge is 2.19. The number of carboxylic acids is 1. The Hall–Kier alpha value is -1.27. The van der Waals surface area contributed by atoms with Gasteiger partial charge in [-0.3, -0.25) is 4.79 Å². The number of ether oxygens (including phenoxy) is 1. The second-order valence-corrected chi connectivity index (χ2v) is 4.48. The molecule has 0 amide bonds. The van der Waals surface area contributed by atoms with Crippen molar-refractivity contribution in [1.82, 2.24) is 0 Å². The zero-order valence-corrected chi connectivity index (χ0v) is 11.1. The summed E-state index contributed by atoms with van der Waals surface area (Å²) in [4.78, 5) is 10.7. The highest BCUT2D eigenvalue weighted by atomic mass is 79.9. The fourth-order valence-corrected chi connectivity index (χ4v) is 2.37. The molecular formula is C11H14BrNO4. The Morgan fingerprint density at radius 2 is 2.24 bits per heavy atom. The van der Waals surface area contributed by atoms with Crippen molar-refractivity contribution in [1.29, 1.82) is 0 Å². The Morgan fingerprint density at radius 1 is 1.65 bits per heavy atom. The van der Waals surface area contributed by atoms with E-state index < -0.39 is 12.0 Å². The lowest BCUT2D eigenvalue weighted by Crippen LogP contribution is -2.32. The van der Waals surface area contributed by atoms with E-state index in [1.165, 1.54) is 13.2 Å². The number of aryl methyl sites for hydroxylation is 1. The van der Waals surface area contributed by atoms with Crippen LogP contribution < -0.4 is 10.5 Å². The van der Waals surface area contributed by atoms with Crippen LogP contribution in [0.25, 0.3) is 0 Å². The minimum Gasteiger partial charge on any atom is -0.504 e. The van der Waals surface area contributed by atoms with Crippen LogP contribution in [0.5, 0.6) is 11.5 Å². The van der Waals surface area contributed by atoms with Gasteiger partial charge in [-0.2, -0.15) is 0 Å². The second kappa shape index (κ2) is 5.37. The molecule has 0 saturated heterocycles. The number of carbonyl (C=O) groups is 1. The SMILES string of the molecule is COc1c(O)cc(C)c(CC(N)C(=O)O)c1Br. The van der Waals surface area contributed by atoms with Gasteiger partial charge in [-0.15, -0.1) is 0 Å². The van der Waals surface area contributed by atoms with Gasteiger partial charge in [-0.1, -0.05) is 0 Å². The van der Waals surface area contributed by atoms with Crippen LogP contribution in [-0.2, 0) is 11.2 Å². The summed E-state index contributed by atoms with van der Waals surface area (Å²) >= 11 is 3.29. The van der Waals surface area contributed by atoms with E-state index in [4.69, 9.17) is 15.6 Å². The molecule has 0 aliphatic carbocycles. The normalized spacial score (nSPS) is 12.2. The molecule has 1 atom stereocenters. The maximum atomic E-state index is 10.7. The Labute approximate surface area is 107 Å². The number of hydrogen-bond donors (Lipinski definition) is 3. The summed E-state index contributed by atoms with van der Waals surface area (Å²) in [6, 6.07) is 0.535. The highest BCUT2D eigenvalue weighted by Crippen LogP contribution is 2.39. The van der Waals surface area contributed by atoms with Gasteiger partial charge in [0.2, 0.25) is 0 Å². The summed E-state index contributed by atoms with van der Waals surface area (Å²) < 4.78 is 5.56. The largest absolute Gasteiger partial charge is 0.504 e. The van der Waals surface area contributed by atoms with Crippen molar-refractivity contribution in [2.75, 3.05) is 7.11 Å². The summed E-state index contributed by atoms with van der Waals surface area (Å²) in [7, 11) is 1.43. The van der Waals surface area contributed by atoms with Gasteiger partial charge in [0, 0.05) is 0 Å². The van der Waals surface area contributed by atoms with Gasteiger partial charge in [0.05, 0.1) is 11.6 Å². The molecule has 1 rings (SSSR count). The fraction of sp³-hybridized carbons (Fsp3) is 0.364. The number of benzene rings is 1. The number of halogens is 1. The number of rotatable bonds is 4. The first-order chi connectivity index (χ1) is 7.88.